The molecule has 0 aliphatic carbocycles. The molecule has 0 atom stereocenters. The van der Waals surface area contributed by atoms with Crippen molar-refractivity contribution in [2.24, 2.45) is 0 Å². The summed E-state index contributed by atoms with van der Waals surface area (Å²) < 4.78 is 0. The Morgan fingerprint density at radius 3 is 2.80 bits per heavy atom. The van der Waals surface area contributed by atoms with Crippen molar-refractivity contribution >= 4 is 11.6 Å². The van der Waals surface area contributed by atoms with E-state index in [2.05, 4.69) is 11.1 Å². The van der Waals surface area contributed by atoms with E-state index >= 15 is 0 Å². The number of halogens is 1. The van der Waals surface area contributed by atoms with Gasteiger partial charge >= 0.3 is 0 Å². The molecule has 1 radical (unpaired) electrons. The fourth-order valence-corrected chi connectivity index (χ4v) is 1.55. The summed E-state index contributed by atoms with van der Waals surface area (Å²) in [7, 11) is 0. The molecule has 0 aliphatic heterocycles. The summed E-state index contributed by atoms with van der Waals surface area (Å²) in [4.78, 5) is 4.09. The van der Waals surface area contributed by atoms with Crippen molar-refractivity contribution in [1.29, 1.82) is 0 Å². The topological polar surface area (TPSA) is 33.1 Å². The number of rotatable bonds is 2. The average molecular weight is 219 g/mol. The molecule has 75 valence electrons. The highest BCUT2D eigenvalue weighted by atomic mass is 35.5. The van der Waals surface area contributed by atoms with Gasteiger partial charge in [0, 0.05) is 23.4 Å². The summed E-state index contributed by atoms with van der Waals surface area (Å²) in [6.45, 7) is -0.0467. The third-order valence-electron chi connectivity index (χ3n) is 2.10. The van der Waals surface area contributed by atoms with Gasteiger partial charge in [-0.1, -0.05) is 35.9 Å². The third kappa shape index (κ3) is 2.17. The number of nitrogens with zero attached hydrogens (tertiary/aromatic N) is 1. The molecule has 15 heavy (non-hydrogen) atoms. The van der Waals surface area contributed by atoms with Crippen LogP contribution in [-0.2, 0) is 6.61 Å². The first-order valence-electron chi connectivity index (χ1n) is 4.53. The Kier molecular flexibility index (Phi) is 2.99. The number of aliphatic hydroxyl groups excluding tert-OH is 1. The molecule has 0 bridgehead atoms. The fraction of sp³-hybridized carbons (Fsp3) is 0.0833. The van der Waals surface area contributed by atoms with Crippen molar-refractivity contribution in [1.82, 2.24) is 4.98 Å². The minimum absolute atomic E-state index is 0.0467. The summed E-state index contributed by atoms with van der Waals surface area (Å²) >= 11 is 6.00. The summed E-state index contributed by atoms with van der Waals surface area (Å²) in [5.41, 5.74) is 2.47. The maximum Gasteiger partial charge on any atom is 0.0852 e. The molecule has 3 heteroatoms. The molecule has 1 N–H and O–H groups in total. The molecule has 2 aromatic rings. The van der Waals surface area contributed by atoms with E-state index in [1.165, 1.54) is 0 Å². The van der Waals surface area contributed by atoms with Gasteiger partial charge in [-0.2, -0.15) is 0 Å². The number of hydrogen-bond acceptors (Lipinski definition) is 2. The van der Waals surface area contributed by atoms with E-state index in [1.54, 1.807) is 18.3 Å². The van der Waals surface area contributed by atoms with Crippen molar-refractivity contribution in [3.63, 3.8) is 0 Å². The van der Waals surface area contributed by atoms with Gasteiger partial charge in [0.2, 0.25) is 0 Å². The number of benzene rings is 1. The van der Waals surface area contributed by atoms with Gasteiger partial charge in [-0.05, 0) is 6.07 Å². The van der Waals surface area contributed by atoms with E-state index < -0.39 is 0 Å². The van der Waals surface area contributed by atoms with Crippen molar-refractivity contribution < 1.29 is 5.11 Å². The zero-order chi connectivity index (χ0) is 10.7. The van der Waals surface area contributed by atoms with Gasteiger partial charge in [-0.3, -0.25) is 4.98 Å². The molecule has 1 aromatic carbocycles. The lowest BCUT2D eigenvalue weighted by atomic mass is 10.1. The van der Waals surface area contributed by atoms with Crippen LogP contribution >= 0.6 is 11.6 Å². The van der Waals surface area contributed by atoms with E-state index in [0.717, 1.165) is 11.1 Å². The Morgan fingerprint density at radius 1 is 1.33 bits per heavy atom. The van der Waals surface area contributed by atoms with Crippen LogP contribution in [0.4, 0.5) is 0 Å². The first kappa shape index (κ1) is 10.1. The second-order valence-corrected chi connectivity index (χ2v) is 3.47. The van der Waals surface area contributed by atoms with Gasteiger partial charge in [0.05, 0.1) is 17.3 Å². The van der Waals surface area contributed by atoms with E-state index in [4.69, 9.17) is 16.7 Å². The highest BCUT2D eigenvalue weighted by Crippen LogP contribution is 2.26. The highest BCUT2D eigenvalue weighted by Gasteiger charge is 2.02. The Hall–Kier alpha value is -1.38. The van der Waals surface area contributed by atoms with Gasteiger partial charge in [0.25, 0.3) is 0 Å². The predicted octanol–water partition coefficient (Wildman–Crippen LogP) is 2.69. The van der Waals surface area contributed by atoms with Gasteiger partial charge in [0.1, 0.15) is 0 Å². The van der Waals surface area contributed by atoms with Gasteiger partial charge in [0.15, 0.2) is 0 Å². The van der Waals surface area contributed by atoms with Gasteiger partial charge < -0.3 is 5.11 Å². The zero-order valence-electron chi connectivity index (χ0n) is 7.94. The van der Waals surface area contributed by atoms with Crippen molar-refractivity contribution in [3.05, 3.63) is 53.3 Å². The van der Waals surface area contributed by atoms with Crippen LogP contribution in [0.15, 0.2) is 36.5 Å². The lowest BCUT2D eigenvalue weighted by Gasteiger charge is -2.03. The maximum atomic E-state index is 8.86. The molecule has 2 nitrogen and oxygen atoms in total. The highest BCUT2D eigenvalue weighted by molar-refractivity contribution is 6.33. The van der Waals surface area contributed by atoms with Crippen molar-refractivity contribution in [2.45, 2.75) is 6.61 Å². The molecule has 1 heterocycles. The normalized spacial score (nSPS) is 10.3. The van der Waals surface area contributed by atoms with Crippen LogP contribution in [-0.4, -0.2) is 10.1 Å². The van der Waals surface area contributed by atoms with Crippen molar-refractivity contribution in [2.75, 3.05) is 0 Å². The first-order chi connectivity index (χ1) is 7.31. The number of hydrogen-bond donors (Lipinski definition) is 1. The zero-order valence-corrected chi connectivity index (χ0v) is 8.70. The van der Waals surface area contributed by atoms with E-state index in [-0.39, 0.29) is 6.61 Å². The summed E-state index contributed by atoms with van der Waals surface area (Å²) in [6, 6.07) is 12.1. The lowest BCUT2D eigenvalue weighted by molar-refractivity contribution is 0.277. The molecular formula is C12H9ClNO. The van der Waals surface area contributed by atoms with Gasteiger partial charge in [-0.15, -0.1) is 0 Å². The van der Waals surface area contributed by atoms with Crippen LogP contribution in [0.3, 0.4) is 0 Å². The average Bonchev–Trinajstić information content (AvgIpc) is 2.30. The van der Waals surface area contributed by atoms with E-state index in [0.29, 0.717) is 10.7 Å². The molecule has 0 saturated carbocycles. The number of pyridine rings is 1. The van der Waals surface area contributed by atoms with Crippen LogP contribution in [0.2, 0.25) is 5.02 Å². The van der Waals surface area contributed by atoms with E-state index in [9.17, 15) is 0 Å². The molecule has 0 fully saturated rings. The summed E-state index contributed by atoms with van der Waals surface area (Å²) in [6.07, 6.45) is 1.70. The molecule has 2 rings (SSSR count). The van der Waals surface area contributed by atoms with Crippen LogP contribution < -0.4 is 0 Å². The predicted molar refractivity (Wildman–Crippen MR) is 59.4 cm³/mol. The fourth-order valence-electron chi connectivity index (χ4n) is 1.32. The monoisotopic (exact) mass is 218 g/mol. The molecular weight excluding hydrogens is 210 g/mol. The molecule has 0 unspecified atom stereocenters. The lowest BCUT2D eigenvalue weighted by Crippen LogP contribution is -1.88. The first-order valence-corrected chi connectivity index (χ1v) is 4.91. The Bertz CT molecular complexity index is 453. The minimum atomic E-state index is -0.0467. The van der Waals surface area contributed by atoms with Gasteiger partial charge in [-0.25, -0.2) is 0 Å². The summed E-state index contributed by atoms with van der Waals surface area (Å²) in [5.74, 6) is 0. The molecule has 1 aromatic heterocycles. The smallest absolute Gasteiger partial charge is 0.0852 e. The molecule has 0 aliphatic rings. The maximum absolute atomic E-state index is 8.86. The van der Waals surface area contributed by atoms with Crippen molar-refractivity contribution in [3.8, 4) is 11.1 Å². The third-order valence-corrected chi connectivity index (χ3v) is 2.42. The van der Waals surface area contributed by atoms with Crippen LogP contribution in [0, 0.1) is 6.07 Å². The Labute approximate surface area is 93.2 Å². The largest absolute Gasteiger partial charge is 0.390 e. The van der Waals surface area contributed by atoms with Crippen LogP contribution in [0.25, 0.3) is 11.1 Å². The quantitative estimate of drug-likeness (QED) is 0.841. The second kappa shape index (κ2) is 4.43. The van der Waals surface area contributed by atoms with Crippen LogP contribution in [0.5, 0.6) is 0 Å². The molecule has 0 amide bonds. The SMILES string of the molecule is OCc1ccc(-c2ccc[c]c2Cl)cn1. The minimum Gasteiger partial charge on any atom is -0.390 e. The molecule has 0 spiro atoms. The Morgan fingerprint density at radius 2 is 2.20 bits per heavy atom. The second-order valence-electron chi connectivity index (χ2n) is 3.09. The van der Waals surface area contributed by atoms with Crippen LogP contribution in [0.1, 0.15) is 5.69 Å². The number of aliphatic hydroxyl groups is 1. The standard InChI is InChI=1S/C12H9ClNO/c13-12-4-2-1-3-11(12)9-5-6-10(8-15)14-7-9/h1-3,5-7,15H,8H2. The van der Waals surface area contributed by atoms with E-state index in [1.807, 2.05) is 18.2 Å². The molecule has 0 saturated heterocycles. The summed E-state index contributed by atoms with van der Waals surface area (Å²) in [5, 5.41) is 9.44. The Balaban J connectivity index is 2.42. The number of aromatic nitrogens is 1.